The van der Waals surface area contributed by atoms with Crippen LogP contribution >= 0.6 is 23.8 Å². The number of rotatable bonds is 3. The van der Waals surface area contributed by atoms with Crippen LogP contribution in [0.15, 0.2) is 36.5 Å². The zero-order chi connectivity index (χ0) is 17.1. The molecule has 4 nitrogen and oxygen atoms in total. The van der Waals surface area contributed by atoms with Gasteiger partial charge in [-0.05, 0) is 63.0 Å². The third-order valence-corrected chi connectivity index (χ3v) is 5.13. The van der Waals surface area contributed by atoms with Gasteiger partial charge in [-0.1, -0.05) is 23.7 Å². The number of nitrogens with one attached hydrogen (secondary N) is 1. The Morgan fingerprint density at radius 1 is 1.21 bits per heavy atom. The highest BCUT2D eigenvalue weighted by molar-refractivity contribution is 7.80. The van der Waals surface area contributed by atoms with Gasteiger partial charge in [0.05, 0.1) is 6.54 Å². The SMILES string of the molecule is C[C@@H]1CCC[C@H](C)N1C(=S)Nc1ccn(Cc2ccc(Cl)cc2)n1. The van der Waals surface area contributed by atoms with E-state index in [4.69, 9.17) is 23.8 Å². The topological polar surface area (TPSA) is 33.1 Å². The molecule has 2 heterocycles. The summed E-state index contributed by atoms with van der Waals surface area (Å²) >= 11 is 11.5. The van der Waals surface area contributed by atoms with Crippen LogP contribution in [0.4, 0.5) is 5.82 Å². The zero-order valence-electron chi connectivity index (χ0n) is 14.1. The van der Waals surface area contributed by atoms with Crippen molar-refractivity contribution in [1.29, 1.82) is 0 Å². The summed E-state index contributed by atoms with van der Waals surface area (Å²) in [5.41, 5.74) is 1.16. The second kappa shape index (κ2) is 7.53. The molecule has 1 fully saturated rings. The van der Waals surface area contributed by atoms with Crippen LogP contribution in [0.5, 0.6) is 0 Å². The van der Waals surface area contributed by atoms with E-state index < -0.39 is 0 Å². The molecule has 0 bridgehead atoms. The third-order valence-electron chi connectivity index (χ3n) is 4.56. The number of anilines is 1. The summed E-state index contributed by atoms with van der Waals surface area (Å²) in [6.07, 6.45) is 5.62. The lowest BCUT2D eigenvalue weighted by Gasteiger charge is -2.40. The molecule has 1 aliphatic rings. The highest BCUT2D eigenvalue weighted by Gasteiger charge is 2.26. The molecule has 0 aliphatic carbocycles. The van der Waals surface area contributed by atoms with E-state index >= 15 is 0 Å². The Bertz CT molecular complexity index is 687. The number of thiocarbonyl (C=S) groups is 1. The molecule has 1 aromatic carbocycles. The lowest BCUT2D eigenvalue weighted by atomic mass is 9.98. The van der Waals surface area contributed by atoms with Crippen molar-refractivity contribution in [2.45, 2.75) is 51.7 Å². The summed E-state index contributed by atoms with van der Waals surface area (Å²) in [7, 11) is 0. The number of aromatic nitrogens is 2. The lowest BCUT2D eigenvalue weighted by molar-refractivity contribution is 0.194. The summed E-state index contributed by atoms with van der Waals surface area (Å²) in [6, 6.07) is 10.7. The van der Waals surface area contributed by atoms with Crippen LogP contribution in [0.3, 0.4) is 0 Å². The Kier molecular flexibility index (Phi) is 5.41. The second-order valence-corrected chi connectivity index (χ2v) is 7.31. The molecule has 3 rings (SSSR count). The first kappa shape index (κ1) is 17.2. The average molecular weight is 363 g/mol. The summed E-state index contributed by atoms with van der Waals surface area (Å²) < 4.78 is 1.90. The van der Waals surface area contributed by atoms with Crippen molar-refractivity contribution in [3.8, 4) is 0 Å². The van der Waals surface area contributed by atoms with E-state index in [1.807, 2.05) is 41.2 Å². The molecule has 0 radical (unpaired) electrons. The molecular weight excluding hydrogens is 340 g/mol. The van der Waals surface area contributed by atoms with Gasteiger partial charge in [0.2, 0.25) is 0 Å². The molecule has 0 amide bonds. The van der Waals surface area contributed by atoms with Gasteiger partial charge in [-0.25, -0.2) is 0 Å². The molecule has 24 heavy (non-hydrogen) atoms. The van der Waals surface area contributed by atoms with Gasteiger partial charge in [-0.3, -0.25) is 4.68 Å². The smallest absolute Gasteiger partial charge is 0.175 e. The Hall–Kier alpha value is -1.59. The standard InChI is InChI=1S/C18H23ClN4S/c1-13-4-3-5-14(2)23(13)18(24)20-17-10-11-22(21-17)12-15-6-8-16(19)9-7-15/h6-11,13-14H,3-5,12H2,1-2H3,(H,20,21,24)/t13-,14+. The van der Waals surface area contributed by atoms with E-state index in [1.54, 1.807) is 0 Å². The van der Waals surface area contributed by atoms with Crippen LogP contribution in [-0.2, 0) is 6.54 Å². The number of piperidine rings is 1. The maximum absolute atomic E-state index is 5.92. The number of hydrogen-bond donors (Lipinski definition) is 1. The van der Waals surface area contributed by atoms with E-state index in [0.717, 1.165) is 21.5 Å². The molecular formula is C18H23ClN4S. The Morgan fingerprint density at radius 3 is 2.54 bits per heavy atom. The predicted octanol–water partition coefficient (Wildman–Crippen LogP) is 4.54. The van der Waals surface area contributed by atoms with Crippen molar-refractivity contribution in [2.24, 2.45) is 0 Å². The third kappa shape index (κ3) is 4.08. The molecule has 2 atom stereocenters. The maximum atomic E-state index is 5.92. The minimum atomic E-state index is 0.477. The molecule has 1 aliphatic heterocycles. The summed E-state index contributed by atoms with van der Waals surface area (Å²) in [6.45, 7) is 5.19. The van der Waals surface area contributed by atoms with Crippen LogP contribution < -0.4 is 5.32 Å². The van der Waals surface area contributed by atoms with Crippen LogP contribution in [0.25, 0.3) is 0 Å². The fourth-order valence-corrected chi connectivity index (χ4v) is 3.88. The molecule has 128 valence electrons. The predicted molar refractivity (Wildman–Crippen MR) is 104 cm³/mol. The van der Waals surface area contributed by atoms with Gasteiger partial charge in [0, 0.05) is 29.4 Å². The van der Waals surface area contributed by atoms with E-state index in [0.29, 0.717) is 18.6 Å². The fourth-order valence-electron chi connectivity index (χ4n) is 3.29. The van der Waals surface area contributed by atoms with Gasteiger partial charge in [0.1, 0.15) is 0 Å². The molecule has 1 aromatic heterocycles. The quantitative estimate of drug-likeness (QED) is 0.812. The van der Waals surface area contributed by atoms with Crippen molar-refractivity contribution in [3.63, 3.8) is 0 Å². The highest BCUT2D eigenvalue weighted by atomic mass is 35.5. The molecule has 6 heteroatoms. The summed E-state index contributed by atoms with van der Waals surface area (Å²) in [4.78, 5) is 2.30. The molecule has 1 saturated heterocycles. The molecule has 0 saturated carbocycles. The average Bonchev–Trinajstić information content (AvgIpc) is 2.96. The Balaban J connectivity index is 1.63. The first-order chi connectivity index (χ1) is 11.5. The first-order valence-electron chi connectivity index (χ1n) is 8.40. The van der Waals surface area contributed by atoms with E-state index in [-0.39, 0.29) is 0 Å². The number of likely N-dealkylation sites (tertiary alicyclic amines) is 1. The van der Waals surface area contributed by atoms with Crippen LogP contribution in [0.2, 0.25) is 5.02 Å². The summed E-state index contributed by atoms with van der Waals surface area (Å²) in [5.74, 6) is 0.791. The second-order valence-electron chi connectivity index (χ2n) is 6.49. The van der Waals surface area contributed by atoms with Gasteiger partial charge in [0.25, 0.3) is 0 Å². The maximum Gasteiger partial charge on any atom is 0.175 e. The van der Waals surface area contributed by atoms with Crippen LogP contribution in [0.1, 0.15) is 38.7 Å². The van der Waals surface area contributed by atoms with Crippen molar-refractivity contribution in [2.75, 3.05) is 5.32 Å². The fraction of sp³-hybridized carbons (Fsp3) is 0.444. The van der Waals surface area contributed by atoms with Crippen LogP contribution in [0, 0.1) is 0 Å². The van der Waals surface area contributed by atoms with Crippen LogP contribution in [-0.4, -0.2) is 31.9 Å². The zero-order valence-corrected chi connectivity index (χ0v) is 15.6. The van der Waals surface area contributed by atoms with Crippen molar-refractivity contribution >= 4 is 34.7 Å². The van der Waals surface area contributed by atoms with Gasteiger partial charge >= 0.3 is 0 Å². The minimum Gasteiger partial charge on any atom is -0.344 e. The van der Waals surface area contributed by atoms with Gasteiger partial charge < -0.3 is 10.2 Å². The summed E-state index contributed by atoms with van der Waals surface area (Å²) in [5, 5.41) is 9.38. The number of benzene rings is 1. The van der Waals surface area contributed by atoms with E-state index in [2.05, 4.69) is 29.2 Å². The van der Waals surface area contributed by atoms with Gasteiger partial charge in [0.15, 0.2) is 10.9 Å². The first-order valence-corrected chi connectivity index (χ1v) is 9.19. The van der Waals surface area contributed by atoms with Gasteiger partial charge in [-0.15, -0.1) is 0 Å². The van der Waals surface area contributed by atoms with E-state index in [9.17, 15) is 0 Å². The number of hydrogen-bond acceptors (Lipinski definition) is 2. The largest absolute Gasteiger partial charge is 0.344 e. The monoisotopic (exact) mass is 362 g/mol. The molecule has 2 aromatic rings. The normalized spacial score (nSPS) is 20.9. The lowest BCUT2D eigenvalue weighted by Crippen LogP contribution is -2.49. The van der Waals surface area contributed by atoms with E-state index in [1.165, 1.54) is 19.3 Å². The number of nitrogens with zero attached hydrogens (tertiary/aromatic N) is 3. The van der Waals surface area contributed by atoms with Crippen molar-refractivity contribution < 1.29 is 0 Å². The molecule has 1 N–H and O–H groups in total. The highest BCUT2D eigenvalue weighted by Crippen LogP contribution is 2.23. The minimum absolute atomic E-state index is 0.477. The Labute approximate surface area is 153 Å². The van der Waals surface area contributed by atoms with Crippen molar-refractivity contribution in [1.82, 2.24) is 14.7 Å². The molecule has 0 spiro atoms. The van der Waals surface area contributed by atoms with Gasteiger partial charge in [-0.2, -0.15) is 5.10 Å². The number of halogens is 1. The molecule has 0 unspecified atom stereocenters. The van der Waals surface area contributed by atoms with Crippen molar-refractivity contribution in [3.05, 3.63) is 47.1 Å². The Morgan fingerprint density at radius 2 is 1.88 bits per heavy atom.